The maximum atomic E-state index is 13.2. The summed E-state index contributed by atoms with van der Waals surface area (Å²) in [5.74, 6) is 0.684. The van der Waals surface area contributed by atoms with Gasteiger partial charge in [0, 0.05) is 6.07 Å². The summed E-state index contributed by atoms with van der Waals surface area (Å²) < 4.78 is 37.7. The van der Waals surface area contributed by atoms with Crippen LogP contribution in [-0.4, -0.2) is 33.9 Å². The number of hydrogen-bond acceptors (Lipinski definition) is 5. The molecule has 0 aliphatic heterocycles. The van der Waals surface area contributed by atoms with Gasteiger partial charge in [-0.2, -0.15) is 0 Å². The lowest BCUT2D eigenvalue weighted by Gasteiger charge is -2.29. The molecule has 0 fully saturated rings. The highest BCUT2D eigenvalue weighted by Crippen LogP contribution is 2.37. The molecule has 0 saturated carbocycles. The largest absolute Gasteiger partial charge is 0.497 e. The van der Waals surface area contributed by atoms with Crippen molar-refractivity contribution < 1.29 is 22.7 Å². The highest BCUT2D eigenvalue weighted by Gasteiger charge is 2.34. The van der Waals surface area contributed by atoms with E-state index in [4.69, 9.17) is 21.1 Å². The van der Waals surface area contributed by atoms with Gasteiger partial charge < -0.3 is 9.47 Å². The summed E-state index contributed by atoms with van der Waals surface area (Å²) in [6, 6.07) is 11.3. The van der Waals surface area contributed by atoms with Crippen LogP contribution in [0.1, 0.15) is 6.92 Å². The van der Waals surface area contributed by atoms with E-state index in [1.54, 1.807) is 30.3 Å². The minimum Gasteiger partial charge on any atom is -0.497 e. The van der Waals surface area contributed by atoms with Crippen LogP contribution in [0.4, 0.5) is 5.69 Å². The second kappa shape index (κ2) is 7.76. The lowest BCUT2D eigenvalue weighted by Crippen LogP contribution is -2.42. The quantitative estimate of drug-likeness (QED) is 0.687. The fourth-order valence-corrected chi connectivity index (χ4v) is 4.11. The second-order valence-electron chi connectivity index (χ2n) is 5.13. The molecular weight excluding hydrogens is 366 g/mol. The van der Waals surface area contributed by atoms with E-state index in [9.17, 15) is 13.2 Å². The molecule has 2 aromatic rings. The zero-order chi connectivity index (χ0) is 18.6. The third-order valence-corrected chi connectivity index (χ3v) is 5.82. The van der Waals surface area contributed by atoms with Crippen LogP contribution in [0, 0.1) is 0 Å². The zero-order valence-electron chi connectivity index (χ0n) is 14.0. The summed E-state index contributed by atoms with van der Waals surface area (Å²) in [6.45, 7) is 1.41. The van der Waals surface area contributed by atoms with Crippen molar-refractivity contribution in [2.45, 2.75) is 17.9 Å². The van der Waals surface area contributed by atoms with Crippen LogP contribution in [0.5, 0.6) is 11.5 Å². The molecule has 1 atom stereocenters. The Bertz CT molecular complexity index is 855. The molecule has 2 aromatic carbocycles. The van der Waals surface area contributed by atoms with E-state index in [0.717, 1.165) is 4.31 Å². The highest BCUT2D eigenvalue weighted by molar-refractivity contribution is 7.93. The van der Waals surface area contributed by atoms with Crippen LogP contribution in [0.15, 0.2) is 53.4 Å². The summed E-state index contributed by atoms with van der Waals surface area (Å²) in [4.78, 5) is 11.8. The molecule has 0 aliphatic rings. The first-order valence-electron chi connectivity index (χ1n) is 7.33. The van der Waals surface area contributed by atoms with Gasteiger partial charge in [0.05, 0.1) is 24.8 Å². The standard InChI is InChI=1S/C17H18ClNO5S/c1-12(17(18)20)19(25(21,22)14-7-5-4-6-8-14)15-11-13(23-2)9-10-16(15)24-3/h4-12H,1-3H3. The molecule has 134 valence electrons. The number of carbonyl (C=O) groups excluding carboxylic acids is 1. The molecular formula is C17H18ClNO5S. The minimum absolute atomic E-state index is 0.0321. The Morgan fingerprint density at radius 1 is 1.08 bits per heavy atom. The predicted molar refractivity (Wildman–Crippen MR) is 96.0 cm³/mol. The van der Waals surface area contributed by atoms with E-state index in [1.807, 2.05) is 0 Å². The molecule has 6 nitrogen and oxygen atoms in total. The normalized spacial score (nSPS) is 12.3. The maximum Gasteiger partial charge on any atom is 0.265 e. The average Bonchev–Trinajstić information content (AvgIpc) is 2.62. The van der Waals surface area contributed by atoms with E-state index in [-0.39, 0.29) is 16.3 Å². The number of methoxy groups -OCH3 is 2. The van der Waals surface area contributed by atoms with Crippen LogP contribution >= 0.6 is 11.6 Å². The number of hydrogen-bond donors (Lipinski definition) is 0. The Labute approximate surface area is 152 Å². The molecule has 0 bridgehead atoms. The molecule has 0 spiro atoms. The van der Waals surface area contributed by atoms with E-state index in [0.29, 0.717) is 5.75 Å². The molecule has 0 N–H and O–H groups in total. The van der Waals surface area contributed by atoms with Crippen molar-refractivity contribution in [2.75, 3.05) is 18.5 Å². The Morgan fingerprint density at radius 2 is 1.72 bits per heavy atom. The first-order chi connectivity index (χ1) is 11.8. The third kappa shape index (κ3) is 3.88. The minimum atomic E-state index is -4.06. The molecule has 2 rings (SSSR count). The first-order valence-corrected chi connectivity index (χ1v) is 9.15. The highest BCUT2D eigenvalue weighted by atomic mass is 35.5. The molecule has 8 heteroatoms. The number of sulfonamides is 1. The summed E-state index contributed by atoms with van der Waals surface area (Å²) >= 11 is 5.62. The number of carbonyl (C=O) groups is 1. The number of nitrogens with zero attached hydrogens (tertiary/aromatic N) is 1. The Hall–Kier alpha value is -2.25. The van der Waals surface area contributed by atoms with Gasteiger partial charge in [-0.3, -0.25) is 9.10 Å². The summed E-state index contributed by atoms with van der Waals surface area (Å²) in [5.41, 5.74) is 0.159. The first kappa shape index (κ1) is 19.1. The molecule has 0 aromatic heterocycles. The van der Waals surface area contributed by atoms with Crippen molar-refractivity contribution in [2.24, 2.45) is 0 Å². The van der Waals surface area contributed by atoms with Crippen molar-refractivity contribution in [3.05, 3.63) is 48.5 Å². The van der Waals surface area contributed by atoms with Gasteiger partial charge in [-0.25, -0.2) is 8.42 Å². The van der Waals surface area contributed by atoms with Gasteiger partial charge in [0.1, 0.15) is 17.5 Å². The monoisotopic (exact) mass is 383 g/mol. The maximum absolute atomic E-state index is 13.2. The van der Waals surface area contributed by atoms with E-state index >= 15 is 0 Å². The van der Waals surface area contributed by atoms with Gasteiger partial charge in [-0.05, 0) is 42.8 Å². The van der Waals surface area contributed by atoms with Gasteiger partial charge in [0.15, 0.2) is 0 Å². The fraction of sp³-hybridized carbons (Fsp3) is 0.235. The Balaban J connectivity index is 2.73. The van der Waals surface area contributed by atoms with E-state index < -0.39 is 21.3 Å². The molecule has 0 radical (unpaired) electrons. The summed E-state index contributed by atoms with van der Waals surface area (Å²) in [7, 11) is -1.20. The Morgan fingerprint density at radius 3 is 2.24 bits per heavy atom. The third-order valence-electron chi connectivity index (χ3n) is 3.60. The van der Waals surface area contributed by atoms with E-state index in [2.05, 4.69) is 0 Å². The van der Waals surface area contributed by atoms with Crippen molar-refractivity contribution >= 4 is 32.6 Å². The second-order valence-corrected chi connectivity index (χ2v) is 7.32. The zero-order valence-corrected chi connectivity index (χ0v) is 15.5. The van der Waals surface area contributed by atoms with Crippen molar-refractivity contribution in [1.29, 1.82) is 0 Å². The van der Waals surface area contributed by atoms with Crippen molar-refractivity contribution in [3.8, 4) is 11.5 Å². The van der Waals surface area contributed by atoms with Crippen molar-refractivity contribution in [3.63, 3.8) is 0 Å². The molecule has 0 heterocycles. The van der Waals surface area contributed by atoms with Gasteiger partial charge in [0.25, 0.3) is 10.0 Å². The number of rotatable bonds is 7. The lowest BCUT2D eigenvalue weighted by molar-refractivity contribution is -0.112. The molecule has 0 amide bonds. The molecule has 25 heavy (non-hydrogen) atoms. The van der Waals surface area contributed by atoms with Crippen LogP contribution < -0.4 is 13.8 Å². The van der Waals surface area contributed by atoms with Crippen LogP contribution in [0.3, 0.4) is 0 Å². The van der Waals surface area contributed by atoms with Gasteiger partial charge in [0.2, 0.25) is 5.24 Å². The summed E-state index contributed by atoms with van der Waals surface area (Å²) in [6.07, 6.45) is 0. The van der Waals surface area contributed by atoms with Crippen LogP contribution in [0.2, 0.25) is 0 Å². The number of anilines is 1. The number of halogens is 1. The van der Waals surface area contributed by atoms with Gasteiger partial charge >= 0.3 is 0 Å². The van der Waals surface area contributed by atoms with Crippen LogP contribution in [-0.2, 0) is 14.8 Å². The lowest BCUT2D eigenvalue weighted by atomic mass is 10.2. The van der Waals surface area contributed by atoms with Gasteiger partial charge in [-0.1, -0.05) is 18.2 Å². The number of benzene rings is 2. The van der Waals surface area contributed by atoms with Crippen molar-refractivity contribution in [1.82, 2.24) is 0 Å². The SMILES string of the molecule is COc1ccc(OC)c(N(C(C)C(=O)Cl)S(=O)(=O)c2ccccc2)c1. The number of ether oxygens (including phenoxy) is 2. The fourth-order valence-electron chi connectivity index (χ4n) is 2.31. The molecule has 0 aliphatic carbocycles. The topological polar surface area (TPSA) is 72.9 Å². The Kier molecular flexibility index (Phi) is 5.92. The van der Waals surface area contributed by atoms with Gasteiger partial charge in [-0.15, -0.1) is 0 Å². The summed E-state index contributed by atoms with van der Waals surface area (Å²) in [5, 5.41) is -0.815. The van der Waals surface area contributed by atoms with E-state index in [1.165, 1.54) is 39.3 Å². The average molecular weight is 384 g/mol. The molecule has 0 saturated heterocycles. The molecule has 1 unspecified atom stereocenters. The van der Waals surface area contributed by atoms with Crippen LogP contribution in [0.25, 0.3) is 0 Å². The smallest absolute Gasteiger partial charge is 0.265 e. The predicted octanol–water partition coefficient (Wildman–Crippen LogP) is 3.05.